The van der Waals surface area contributed by atoms with Gasteiger partial charge in [0.25, 0.3) is 0 Å². The smallest absolute Gasteiger partial charge is 0.376 e. The fourth-order valence-electron chi connectivity index (χ4n) is 2.29. The summed E-state index contributed by atoms with van der Waals surface area (Å²) in [5.41, 5.74) is -1.11. The van der Waals surface area contributed by atoms with Gasteiger partial charge in [0.15, 0.2) is 0 Å². The van der Waals surface area contributed by atoms with Gasteiger partial charge in [-0.25, -0.2) is 4.42 Å². The van der Waals surface area contributed by atoms with Crippen molar-refractivity contribution in [3.63, 3.8) is 0 Å². The van der Waals surface area contributed by atoms with Crippen molar-refractivity contribution in [3.05, 3.63) is 24.5 Å². The molecule has 1 rings (SSSR count). The summed E-state index contributed by atoms with van der Waals surface area (Å²) in [6.45, 7) is 13.3. The maximum absolute atomic E-state index is 6.69. The SMILES string of the molecule is C=C(C)[O+]=C/C=C/C[Si]1(Cl)O[C@@H](C(C)(C)OC)[C@H](C(C)(C)OC)O1. The average molecular weight is 378 g/mol. The Balaban J connectivity index is 2.93. The van der Waals surface area contributed by atoms with Gasteiger partial charge < -0.3 is 18.3 Å². The van der Waals surface area contributed by atoms with Crippen molar-refractivity contribution < 1.29 is 22.8 Å². The van der Waals surface area contributed by atoms with Crippen LogP contribution < -0.4 is 0 Å². The van der Waals surface area contributed by atoms with E-state index in [1.807, 2.05) is 33.8 Å². The molecule has 7 heteroatoms. The monoisotopic (exact) mass is 377 g/mol. The number of hydrogen-bond acceptors (Lipinski definition) is 4. The first-order chi connectivity index (χ1) is 11.0. The van der Waals surface area contributed by atoms with Gasteiger partial charge in [-0.05, 0) is 27.7 Å². The molecule has 0 bridgehead atoms. The van der Waals surface area contributed by atoms with Gasteiger partial charge >= 0.3 is 19.9 Å². The summed E-state index contributed by atoms with van der Waals surface area (Å²) < 4.78 is 28.7. The molecule has 0 aromatic rings. The van der Waals surface area contributed by atoms with Gasteiger partial charge in [-0.1, -0.05) is 17.2 Å². The second kappa shape index (κ2) is 8.25. The van der Waals surface area contributed by atoms with Crippen molar-refractivity contribution in [2.24, 2.45) is 0 Å². The van der Waals surface area contributed by atoms with Crippen molar-refractivity contribution in [2.45, 2.75) is 64.1 Å². The number of hydrogen-bond donors (Lipinski definition) is 0. The molecule has 0 radical (unpaired) electrons. The highest BCUT2D eigenvalue weighted by Crippen LogP contribution is 2.42. The number of carbonyl (C=O) groups excluding carboxylic acids is 1. The van der Waals surface area contributed by atoms with Gasteiger partial charge in [-0.15, -0.1) is 0 Å². The van der Waals surface area contributed by atoms with E-state index in [1.54, 1.807) is 33.5 Å². The average Bonchev–Trinajstić information content (AvgIpc) is 2.86. The predicted octanol–water partition coefficient (Wildman–Crippen LogP) is 3.62. The number of aldehydes is 1. The molecule has 0 saturated carbocycles. The predicted molar refractivity (Wildman–Crippen MR) is 98.4 cm³/mol. The molecule has 1 fully saturated rings. The standard InChI is InChI=1S/C17H30ClO5Si/c1-13(2)21-11-9-10-12-24(18)22-14(16(3,4)19-7)15(23-24)17(5,6)20-8/h9-11,14-15H,1,12H2,2-8H3/q+1/b10-9+/t14-,15-/m1/s1. The molecule has 1 aliphatic rings. The third-order valence-electron chi connectivity index (χ3n) is 4.15. The topological polar surface area (TPSA) is 48.2 Å². The summed E-state index contributed by atoms with van der Waals surface area (Å²) >= 11 is 6.69. The molecule has 0 unspecified atom stereocenters. The van der Waals surface area contributed by atoms with E-state index in [4.69, 9.17) is 33.8 Å². The van der Waals surface area contributed by atoms with E-state index in [1.165, 1.54) is 0 Å². The van der Waals surface area contributed by atoms with Crippen LogP contribution in [0.5, 0.6) is 0 Å². The minimum Gasteiger partial charge on any atom is -0.376 e. The Bertz CT molecular complexity index is 477. The normalized spacial score (nSPS) is 25.0. The van der Waals surface area contributed by atoms with Crippen LogP contribution in [-0.2, 0) is 22.8 Å². The number of ether oxygens (including phenoxy) is 2. The minimum absolute atomic E-state index is 0.328. The molecular formula is C17H30ClO5Si+. The quantitative estimate of drug-likeness (QED) is 0.162. The third-order valence-corrected chi connectivity index (χ3v) is 7.08. The Kier molecular flexibility index (Phi) is 7.40. The van der Waals surface area contributed by atoms with Crippen LogP contribution in [0.15, 0.2) is 24.5 Å². The molecule has 0 aromatic carbocycles. The van der Waals surface area contributed by atoms with Crippen molar-refractivity contribution in [1.29, 1.82) is 0 Å². The first-order valence-electron chi connectivity index (χ1n) is 7.93. The summed E-state index contributed by atoms with van der Waals surface area (Å²) in [6, 6.07) is 0.483. The Morgan fingerprint density at radius 2 is 1.62 bits per heavy atom. The van der Waals surface area contributed by atoms with Crippen LogP contribution >= 0.6 is 11.1 Å². The minimum atomic E-state index is -2.91. The number of allylic oxidation sites excluding steroid dienone is 3. The largest absolute Gasteiger partial charge is 0.447 e. The van der Waals surface area contributed by atoms with E-state index in [0.717, 1.165) is 0 Å². The zero-order valence-corrected chi connectivity index (χ0v) is 17.5. The Labute approximate surface area is 151 Å². The van der Waals surface area contributed by atoms with E-state index in [2.05, 4.69) is 6.58 Å². The lowest BCUT2D eigenvalue weighted by atomic mass is 9.87. The van der Waals surface area contributed by atoms with Crippen molar-refractivity contribution in [3.8, 4) is 0 Å². The van der Waals surface area contributed by atoms with Crippen LogP contribution in [0.4, 0.5) is 0 Å². The second-order valence-corrected chi connectivity index (χ2v) is 10.9. The van der Waals surface area contributed by atoms with E-state index >= 15 is 0 Å². The van der Waals surface area contributed by atoms with Crippen molar-refractivity contribution in [1.82, 2.24) is 0 Å². The van der Waals surface area contributed by atoms with E-state index in [0.29, 0.717) is 11.8 Å². The molecule has 0 aliphatic carbocycles. The van der Waals surface area contributed by atoms with Crippen LogP contribution in [0.2, 0.25) is 6.04 Å². The molecular weight excluding hydrogens is 348 g/mol. The molecule has 1 heterocycles. The van der Waals surface area contributed by atoms with E-state index < -0.39 is 19.1 Å². The van der Waals surface area contributed by atoms with Gasteiger partial charge in [-0.2, -0.15) is 0 Å². The molecule has 0 amide bonds. The molecule has 5 nitrogen and oxygen atoms in total. The molecule has 138 valence electrons. The number of rotatable bonds is 8. The van der Waals surface area contributed by atoms with Crippen molar-refractivity contribution in [2.75, 3.05) is 14.2 Å². The van der Waals surface area contributed by atoms with Gasteiger partial charge in [0.05, 0.1) is 18.1 Å². The summed E-state index contributed by atoms with van der Waals surface area (Å²) in [7, 11) is 0.391. The molecule has 0 aromatic heterocycles. The van der Waals surface area contributed by atoms with Gasteiger partial charge in [-0.3, -0.25) is 0 Å². The zero-order valence-electron chi connectivity index (χ0n) is 15.7. The zero-order chi connectivity index (χ0) is 18.6. The van der Waals surface area contributed by atoms with Gasteiger partial charge in [0.2, 0.25) is 0 Å². The van der Waals surface area contributed by atoms with Crippen LogP contribution in [0.1, 0.15) is 34.6 Å². The maximum atomic E-state index is 6.69. The lowest BCUT2D eigenvalue weighted by molar-refractivity contribution is -0.389. The van der Waals surface area contributed by atoms with Gasteiger partial charge in [0, 0.05) is 32.9 Å². The Morgan fingerprint density at radius 1 is 1.17 bits per heavy atom. The summed E-state index contributed by atoms with van der Waals surface area (Å²) in [4.78, 5) is 0. The fourth-order valence-corrected chi connectivity index (χ4v) is 5.37. The van der Waals surface area contributed by atoms with E-state index in [9.17, 15) is 0 Å². The second-order valence-electron chi connectivity index (χ2n) is 6.94. The first kappa shape index (κ1) is 21.5. The highest BCUT2D eigenvalue weighted by Gasteiger charge is 2.59. The van der Waals surface area contributed by atoms with Gasteiger partial charge in [0.1, 0.15) is 12.2 Å². The molecule has 2 atom stereocenters. The lowest BCUT2D eigenvalue weighted by Crippen LogP contribution is -2.53. The van der Waals surface area contributed by atoms with E-state index in [-0.39, 0.29) is 12.2 Å². The maximum Gasteiger partial charge on any atom is 0.447 e. The fraction of sp³-hybridized carbons (Fsp3) is 0.706. The lowest BCUT2D eigenvalue weighted by Gasteiger charge is -2.39. The highest BCUT2D eigenvalue weighted by atomic mass is 35.6. The number of methoxy groups -OCH3 is 2. The molecule has 0 spiro atoms. The number of halogens is 1. The Morgan fingerprint density at radius 3 is 2.00 bits per heavy atom. The highest BCUT2D eigenvalue weighted by molar-refractivity contribution is 7.13. The molecule has 24 heavy (non-hydrogen) atoms. The summed E-state index contributed by atoms with van der Waals surface area (Å²) in [5, 5.41) is 0. The van der Waals surface area contributed by atoms with Crippen LogP contribution in [0.25, 0.3) is 0 Å². The van der Waals surface area contributed by atoms with Crippen LogP contribution in [0, 0.1) is 0 Å². The van der Waals surface area contributed by atoms with Crippen molar-refractivity contribution >= 4 is 25.2 Å². The van der Waals surface area contributed by atoms with Crippen LogP contribution in [0.3, 0.4) is 0 Å². The molecule has 1 aliphatic heterocycles. The third kappa shape index (κ3) is 5.51. The molecule has 0 N–H and O–H groups in total. The summed E-state index contributed by atoms with van der Waals surface area (Å²) in [5.74, 6) is 0.620. The molecule has 1 saturated heterocycles. The van der Waals surface area contributed by atoms with Crippen LogP contribution in [-0.4, -0.2) is 51.8 Å². The Hall–Kier alpha value is -0.503. The first-order valence-corrected chi connectivity index (χ1v) is 11.0. The summed E-state index contributed by atoms with van der Waals surface area (Å²) in [6.07, 6.45) is 4.54.